The molecule has 0 aliphatic rings. The number of ether oxygens (including phenoxy) is 2. The number of carbonyl (C=O) groups is 3. The molecule has 0 rings (SSSR count). The van der Waals surface area contributed by atoms with Crippen LogP contribution in [-0.2, 0) is 23.9 Å². The summed E-state index contributed by atoms with van der Waals surface area (Å²) in [5.74, 6) is -0.143. The van der Waals surface area contributed by atoms with Gasteiger partial charge in [-0.1, -0.05) is 13.8 Å². The predicted octanol–water partition coefficient (Wildman–Crippen LogP) is -0.113. The first-order chi connectivity index (χ1) is 10.1. The van der Waals surface area contributed by atoms with Gasteiger partial charge in [-0.05, 0) is 0 Å². The van der Waals surface area contributed by atoms with Crippen molar-refractivity contribution >= 4 is 18.1 Å². The van der Waals surface area contributed by atoms with Crippen LogP contribution in [0.25, 0.3) is 0 Å². The summed E-state index contributed by atoms with van der Waals surface area (Å²) < 4.78 is 10.5. The number of hydrogen-bond acceptors (Lipinski definition) is 5. The van der Waals surface area contributed by atoms with Crippen LogP contribution >= 0.6 is 0 Å². The molecule has 2 amide bonds. The molecule has 7 nitrogen and oxygen atoms in total. The van der Waals surface area contributed by atoms with Gasteiger partial charge in [-0.3, -0.25) is 9.59 Å². The minimum atomic E-state index is -0.130. The van der Waals surface area contributed by atoms with Crippen LogP contribution in [0.2, 0.25) is 0 Å². The van der Waals surface area contributed by atoms with E-state index in [2.05, 4.69) is 10.6 Å². The Hall–Kier alpha value is -1.47. The van der Waals surface area contributed by atoms with E-state index in [1.807, 2.05) is 13.8 Å². The summed E-state index contributed by atoms with van der Waals surface area (Å²) in [7, 11) is 0. The highest BCUT2D eigenvalue weighted by Gasteiger charge is 2.04. The van der Waals surface area contributed by atoms with Crippen LogP contribution in [0.15, 0.2) is 0 Å². The summed E-state index contributed by atoms with van der Waals surface area (Å²) in [6.45, 7) is 6.10. The molecule has 0 bridgehead atoms. The second-order valence-electron chi connectivity index (χ2n) is 4.73. The fourth-order valence-corrected chi connectivity index (χ4v) is 1.30. The van der Waals surface area contributed by atoms with E-state index in [0.29, 0.717) is 45.9 Å². The zero-order chi connectivity index (χ0) is 15.9. The Morgan fingerprint density at radius 2 is 1.67 bits per heavy atom. The number of hydrogen-bond donors (Lipinski definition) is 2. The molecule has 2 N–H and O–H groups in total. The molecule has 0 atom stereocenters. The standard InChI is InChI=1S/C14H26N2O5/c1-12(2)14(19)16-6-9-21-11-10-20-8-4-13(18)15-5-3-7-17/h7,12H,3-6,8-11H2,1-2H3,(H,15,18)(H,16,19). The topological polar surface area (TPSA) is 93.7 Å². The monoisotopic (exact) mass is 302 g/mol. The minimum absolute atomic E-state index is 0.00967. The number of amides is 2. The molecule has 0 unspecified atom stereocenters. The highest BCUT2D eigenvalue weighted by atomic mass is 16.5. The fraction of sp³-hybridized carbons (Fsp3) is 0.786. The molecule has 0 aromatic rings. The maximum atomic E-state index is 11.2. The Morgan fingerprint density at radius 3 is 2.29 bits per heavy atom. The Labute approximate surface area is 125 Å². The Kier molecular flexibility index (Phi) is 12.6. The molecule has 0 aliphatic carbocycles. The largest absolute Gasteiger partial charge is 0.379 e. The molecule has 0 aromatic carbocycles. The van der Waals surface area contributed by atoms with Crippen molar-refractivity contribution < 1.29 is 23.9 Å². The maximum Gasteiger partial charge on any atom is 0.222 e. The molecule has 122 valence electrons. The van der Waals surface area contributed by atoms with Gasteiger partial charge in [0.15, 0.2) is 0 Å². The van der Waals surface area contributed by atoms with E-state index in [-0.39, 0.29) is 24.2 Å². The lowest BCUT2D eigenvalue weighted by Gasteiger charge is -2.08. The summed E-state index contributed by atoms with van der Waals surface area (Å²) >= 11 is 0. The van der Waals surface area contributed by atoms with E-state index in [1.54, 1.807) is 0 Å². The SMILES string of the molecule is CC(C)C(=O)NCCOCCOCCC(=O)NCCC=O. The van der Waals surface area contributed by atoms with Crippen LogP contribution in [0.3, 0.4) is 0 Å². The average Bonchev–Trinajstić information content (AvgIpc) is 2.45. The molecule has 0 saturated carbocycles. The van der Waals surface area contributed by atoms with Gasteiger partial charge in [-0.2, -0.15) is 0 Å². The van der Waals surface area contributed by atoms with Gasteiger partial charge in [0.25, 0.3) is 0 Å². The lowest BCUT2D eigenvalue weighted by molar-refractivity contribution is -0.124. The van der Waals surface area contributed by atoms with Gasteiger partial charge in [-0.15, -0.1) is 0 Å². The quantitative estimate of drug-likeness (QED) is 0.366. The van der Waals surface area contributed by atoms with Crippen molar-refractivity contribution in [1.82, 2.24) is 10.6 Å². The van der Waals surface area contributed by atoms with Gasteiger partial charge in [0.2, 0.25) is 11.8 Å². The van der Waals surface area contributed by atoms with E-state index in [4.69, 9.17) is 9.47 Å². The Morgan fingerprint density at radius 1 is 1.00 bits per heavy atom. The van der Waals surface area contributed by atoms with Crippen molar-refractivity contribution in [2.45, 2.75) is 26.7 Å². The van der Waals surface area contributed by atoms with Crippen LogP contribution in [-0.4, -0.2) is 57.6 Å². The molecule has 0 heterocycles. The Bertz CT molecular complexity index is 308. The van der Waals surface area contributed by atoms with E-state index in [1.165, 1.54) is 0 Å². The molecule has 0 radical (unpaired) electrons. The predicted molar refractivity (Wildman–Crippen MR) is 77.8 cm³/mol. The van der Waals surface area contributed by atoms with Crippen molar-refractivity contribution in [1.29, 1.82) is 0 Å². The molecule has 21 heavy (non-hydrogen) atoms. The minimum Gasteiger partial charge on any atom is -0.379 e. The number of nitrogens with one attached hydrogen (secondary N) is 2. The summed E-state index contributed by atoms with van der Waals surface area (Å²) in [6, 6.07) is 0. The lowest BCUT2D eigenvalue weighted by Crippen LogP contribution is -2.31. The van der Waals surface area contributed by atoms with E-state index < -0.39 is 0 Å². The van der Waals surface area contributed by atoms with Gasteiger partial charge >= 0.3 is 0 Å². The summed E-state index contributed by atoms with van der Waals surface area (Å²) in [5, 5.41) is 5.34. The Balaban J connectivity index is 3.24. The van der Waals surface area contributed by atoms with Crippen LogP contribution in [0, 0.1) is 5.92 Å². The molecule has 7 heteroatoms. The van der Waals surface area contributed by atoms with Crippen LogP contribution < -0.4 is 10.6 Å². The van der Waals surface area contributed by atoms with Crippen molar-refractivity contribution in [3.8, 4) is 0 Å². The van der Waals surface area contributed by atoms with Crippen LogP contribution in [0.4, 0.5) is 0 Å². The zero-order valence-electron chi connectivity index (χ0n) is 12.9. The first kappa shape index (κ1) is 19.5. The third kappa shape index (κ3) is 13.3. The third-order valence-corrected chi connectivity index (χ3v) is 2.50. The lowest BCUT2D eigenvalue weighted by atomic mass is 10.2. The van der Waals surface area contributed by atoms with E-state index in [9.17, 15) is 14.4 Å². The van der Waals surface area contributed by atoms with E-state index >= 15 is 0 Å². The van der Waals surface area contributed by atoms with Crippen molar-refractivity contribution in [2.75, 3.05) is 39.5 Å². The van der Waals surface area contributed by atoms with Gasteiger partial charge in [0, 0.05) is 31.8 Å². The number of rotatable bonds is 13. The summed E-state index contributed by atoms with van der Waals surface area (Å²) in [4.78, 5) is 32.5. The molecule has 0 saturated heterocycles. The van der Waals surface area contributed by atoms with Crippen molar-refractivity contribution in [2.24, 2.45) is 5.92 Å². The van der Waals surface area contributed by atoms with Crippen LogP contribution in [0.5, 0.6) is 0 Å². The summed E-state index contributed by atoms with van der Waals surface area (Å²) in [6.07, 6.45) is 1.36. The molecular weight excluding hydrogens is 276 g/mol. The summed E-state index contributed by atoms with van der Waals surface area (Å²) in [5.41, 5.74) is 0. The highest BCUT2D eigenvalue weighted by Crippen LogP contribution is 1.89. The van der Waals surface area contributed by atoms with Gasteiger partial charge in [-0.25, -0.2) is 0 Å². The molecular formula is C14H26N2O5. The second kappa shape index (κ2) is 13.5. The zero-order valence-corrected chi connectivity index (χ0v) is 12.9. The number of carbonyl (C=O) groups excluding carboxylic acids is 3. The van der Waals surface area contributed by atoms with Crippen LogP contribution in [0.1, 0.15) is 26.7 Å². The first-order valence-electron chi connectivity index (χ1n) is 7.21. The van der Waals surface area contributed by atoms with Gasteiger partial charge < -0.3 is 24.9 Å². The molecule has 0 aliphatic heterocycles. The van der Waals surface area contributed by atoms with Crippen molar-refractivity contribution in [3.63, 3.8) is 0 Å². The fourth-order valence-electron chi connectivity index (χ4n) is 1.30. The van der Waals surface area contributed by atoms with Gasteiger partial charge in [0.05, 0.1) is 26.4 Å². The maximum absolute atomic E-state index is 11.2. The second-order valence-corrected chi connectivity index (χ2v) is 4.73. The smallest absolute Gasteiger partial charge is 0.222 e. The molecule has 0 spiro atoms. The third-order valence-electron chi connectivity index (χ3n) is 2.50. The van der Waals surface area contributed by atoms with Gasteiger partial charge in [0.1, 0.15) is 6.29 Å². The first-order valence-corrected chi connectivity index (χ1v) is 7.21. The normalized spacial score (nSPS) is 10.4. The van der Waals surface area contributed by atoms with E-state index in [0.717, 1.165) is 6.29 Å². The van der Waals surface area contributed by atoms with Crippen molar-refractivity contribution in [3.05, 3.63) is 0 Å². The highest BCUT2D eigenvalue weighted by molar-refractivity contribution is 5.77. The molecule has 0 fully saturated rings. The molecule has 0 aromatic heterocycles. The average molecular weight is 302 g/mol. The number of aldehydes is 1.